The van der Waals surface area contributed by atoms with Crippen LogP contribution >= 0.6 is 0 Å². The van der Waals surface area contributed by atoms with Crippen LogP contribution in [0.2, 0.25) is 0 Å². The van der Waals surface area contributed by atoms with Crippen LogP contribution in [0.25, 0.3) is 0 Å². The van der Waals surface area contributed by atoms with Crippen LogP contribution in [0.5, 0.6) is 0 Å². The van der Waals surface area contributed by atoms with E-state index in [2.05, 4.69) is 45.0 Å². The first kappa shape index (κ1) is 20.7. The Morgan fingerprint density at radius 3 is 2.46 bits per heavy atom. The Labute approximate surface area is 159 Å². The van der Waals surface area contributed by atoms with Crippen molar-refractivity contribution in [2.75, 3.05) is 6.54 Å². The van der Waals surface area contributed by atoms with Crippen LogP contribution in [-0.2, 0) is 22.4 Å². The highest BCUT2D eigenvalue weighted by atomic mass is 16.2. The van der Waals surface area contributed by atoms with E-state index in [1.54, 1.807) is 0 Å². The number of aldehydes is 1. The number of carbonyl (C=O) groups excluding carboxylic acids is 2. The summed E-state index contributed by atoms with van der Waals surface area (Å²) in [6.07, 6.45) is 9.29. The number of likely N-dealkylation sites (tertiary alicyclic amines) is 1. The number of carbonyl (C=O) groups is 2. The Kier molecular flexibility index (Phi) is 8.34. The van der Waals surface area contributed by atoms with Gasteiger partial charge in [-0.25, -0.2) is 0 Å². The number of hydrogen-bond acceptors (Lipinski definition) is 2. The molecule has 1 unspecified atom stereocenters. The Bertz CT molecular complexity index is 564. The zero-order valence-corrected chi connectivity index (χ0v) is 16.7. The fourth-order valence-electron chi connectivity index (χ4n) is 3.97. The van der Waals surface area contributed by atoms with Crippen molar-refractivity contribution in [1.82, 2.24) is 4.90 Å². The first-order valence-electron chi connectivity index (χ1n) is 10.4. The minimum absolute atomic E-state index is 0.0550. The van der Waals surface area contributed by atoms with E-state index in [1.165, 1.54) is 17.5 Å². The average molecular weight is 358 g/mol. The van der Waals surface area contributed by atoms with Gasteiger partial charge in [-0.15, -0.1) is 0 Å². The molecule has 1 aliphatic heterocycles. The van der Waals surface area contributed by atoms with Gasteiger partial charge in [0.15, 0.2) is 0 Å². The molecule has 2 atom stereocenters. The topological polar surface area (TPSA) is 37.4 Å². The van der Waals surface area contributed by atoms with Gasteiger partial charge in [0.25, 0.3) is 0 Å². The number of benzene rings is 1. The fraction of sp³-hybridized carbons (Fsp3) is 0.652. The summed E-state index contributed by atoms with van der Waals surface area (Å²) in [5, 5.41) is 0. The van der Waals surface area contributed by atoms with Crippen molar-refractivity contribution in [3.63, 3.8) is 0 Å². The van der Waals surface area contributed by atoms with Gasteiger partial charge >= 0.3 is 0 Å². The second-order valence-corrected chi connectivity index (χ2v) is 8.00. The summed E-state index contributed by atoms with van der Waals surface area (Å²) in [4.78, 5) is 25.9. The molecule has 3 nitrogen and oxygen atoms in total. The molecule has 0 saturated carbocycles. The molecule has 0 radical (unpaired) electrons. The Morgan fingerprint density at radius 2 is 1.85 bits per heavy atom. The molecule has 1 aromatic rings. The number of aryl methyl sites for hydroxylation is 2. The molecule has 3 heteroatoms. The summed E-state index contributed by atoms with van der Waals surface area (Å²) in [6.45, 7) is 7.19. The van der Waals surface area contributed by atoms with E-state index >= 15 is 0 Å². The van der Waals surface area contributed by atoms with Crippen molar-refractivity contribution < 1.29 is 9.59 Å². The molecule has 1 fully saturated rings. The van der Waals surface area contributed by atoms with E-state index in [0.29, 0.717) is 5.92 Å². The minimum Gasteiger partial charge on any atom is -0.333 e. The lowest BCUT2D eigenvalue weighted by atomic mass is 9.88. The molecular weight excluding hydrogens is 322 g/mol. The van der Waals surface area contributed by atoms with E-state index in [9.17, 15) is 9.59 Å². The van der Waals surface area contributed by atoms with Crippen LogP contribution in [-0.4, -0.2) is 29.7 Å². The molecule has 0 spiro atoms. The largest absolute Gasteiger partial charge is 0.333 e. The van der Waals surface area contributed by atoms with Crippen molar-refractivity contribution in [2.45, 2.75) is 78.2 Å². The zero-order chi connectivity index (χ0) is 18.9. The van der Waals surface area contributed by atoms with Crippen LogP contribution in [0, 0.1) is 11.8 Å². The van der Waals surface area contributed by atoms with Gasteiger partial charge in [-0.3, -0.25) is 4.79 Å². The summed E-state index contributed by atoms with van der Waals surface area (Å²) in [5.74, 6) is 0.584. The van der Waals surface area contributed by atoms with Gasteiger partial charge in [-0.05, 0) is 55.6 Å². The van der Waals surface area contributed by atoms with Gasteiger partial charge in [0.1, 0.15) is 6.29 Å². The highest BCUT2D eigenvalue weighted by Crippen LogP contribution is 2.26. The number of nitrogens with zero attached hydrogens (tertiary/aromatic N) is 1. The fourth-order valence-corrected chi connectivity index (χ4v) is 3.97. The molecule has 26 heavy (non-hydrogen) atoms. The number of amides is 1. The molecule has 0 aromatic heterocycles. The molecule has 2 rings (SSSR count). The molecule has 1 amide bonds. The summed E-state index contributed by atoms with van der Waals surface area (Å²) < 4.78 is 0. The number of unbranched alkanes of at least 4 members (excludes halogenated alkanes) is 2. The Morgan fingerprint density at radius 1 is 1.15 bits per heavy atom. The second kappa shape index (κ2) is 10.5. The predicted octanol–water partition coefficient (Wildman–Crippen LogP) is 4.81. The van der Waals surface area contributed by atoms with Gasteiger partial charge in [0.05, 0.1) is 6.04 Å². The maximum atomic E-state index is 12.9. The van der Waals surface area contributed by atoms with Crippen molar-refractivity contribution in [3.8, 4) is 0 Å². The van der Waals surface area contributed by atoms with Crippen LogP contribution in [0.3, 0.4) is 0 Å². The highest BCUT2D eigenvalue weighted by Gasteiger charge is 2.33. The average Bonchev–Trinajstić information content (AvgIpc) is 3.13. The molecule has 1 saturated heterocycles. The number of rotatable bonds is 10. The Balaban J connectivity index is 1.75. The third-order valence-electron chi connectivity index (χ3n) is 5.77. The smallest absolute Gasteiger partial charge is 0.226 e. The van der Waals surface area contributed by atoms with Crippen molar-refractivity contribution in [1.29, 1.82) is 0 Å². The summed E-state index contributed by atoms with van der Waals surface area (Å²) in [5.41, 5.74) is 2.80. The molecular formula is C23H35NO2. The van der Waals surface area contributed by atoms with Gasteiger partial charge in [-0.2, -0.15) is 0 Å². The monoisotopic (exact) mass is 357 g/mol. The molecule has 1 aromatic carbocycles. The lowest BCUT2D eigenvalue weighted by molar-refractivity contribution is -0.140. The van der Waals surface area contributed by atoms with Crippen LogP contribution in [0.1, 0.15) is 70.4 Å². The van der Waals surface area contributed by atoms with Gasteiger partial charge in [-0.1, -0.05) is 57.9 Å². The highest BCUT2D eigenvalue weighted by molar-refractivity contribution is 5.82. The molecule has 0 N–H and O–H groups in total. The van der Waals surface area contributed by atoms with Gasteiger partial charge in [0, 0.05) is 12.5 Å². The van der Waals surface area contributed by atoms with E-state index in [-0.39, 0.29) is 17.9 Å². The van der Waals surface area contributed by atoms with Crippen LogP contribution in [0.15, 0.2) is 24.3 Å². The van der Waals surface area contributed by atoms with E-state index in [1.807, 2.05) is 4.90 Å². The second-order valence-electron chi connectivity index (χ2n) is 8.00. The third-order valence-corrected chi connectivity index (χ3v) is 5.77. The van der Waals surface area contributed by atoms with E-state index in [0.717, 1.165) is 57.8 Å². The molecule has 144 valence electrons. The first-order chi connectivity index (χ1) is 12.6. The van der Waals surface area contributed by atoms with E-state index < -0.39 is 0 Å². The zero-order valence-electron chi connectivity index (χ0n) is 16.7. The summed E-state index contributed by atoms with van der Waals surface area (Å²) in [7, 11) is 0. The van der Waals surface area contributed by atoms with Gasteiger partial charge < -0.3 is 9.69 Å². The maximum absolute atomic E-state index is 12.9. The molecule has 1 aliphatic rings. The number of hydrogen-bond donors (Lipinski definition) is 0. The van der Waals surface area contributed by atoms with Crippen LogP contribution in [0.4, 0.5) is 0 Å². The lowest BCUT2D eigenvalue weighted by Crippen LogP contribution is -2.41. The maximum Gasteiger partial charge on any atom is 0.226 e. The van der Waals surface area contributed by atoms with Crippen molar-refractivity contribution >= 4 is 12.2 Å². The van der Waals surface area contributed by atoms with Crippen molar-refractivity contribution in [3.05, 3.63) is 35.4 Å². The predicted molar refractivity (Wildman–Crippen MR) is 107 cm³/mol. The van der Waals surface area contributed by atoms with E-state index in [4.69, 9.17) is 0 Å². The SMILES string of the molecule is CCc1ccc(CCCCCC(C(=O)N2CCC[C@H]2C=O)C(C)C)cc1. The minimum atomic E-state index is -0.185. The normalized spacial score (nSPS) is 18.3. The summed E-state index contributed by atoms with van der Waals surface area (Å²) >= 11 is 0. The third kappa shape index (κ3) is 5.69. The van der Waals surface area contributed by atoms with Crippen LogP contribution < -0.4 is 0 Å². The quantitative estimate of drug-likeness (QED) is 0.445. The first-order valence-corrected chi connectivity index (χ1v) is 10.4. The molecule has 0 aliphatic carbocycles. The standard InChI is InChI=1S/C23H35NO2/c1-4-19-12-14-20(15-13-19)9-6-5-7-11-22(18(2)3)23(26)24-16-8-10-21(24)17-25/h12-15,17-18,21-22H,4-11,16H2,1-3H3/t21-,22?/m0/s1. The van der Waals surface area contributed by atoms with Gasteiger partial charge in [0.2, 0.25) is 5.91 Å². The Hall–Kier alpha value is -1.64. The molecule has 0 bridgehead atoms. The van der Waals surface area contributed by atoms with Crippen molar-refractivity contribution in [2.24, 2.45) is 11.8 Å². The summed E-state index contributed by atoms with van der Waals surface area (Å²) in [6, 6.07) is 8.75. The molecule has 1 heterocycles. The lowest BCUT2D eigenvalue weighted by Gasteiger charge is -2.28.